The fraction of sp³-hybridized carbons (Fsp3) is 0.400. The quantitative estimate of drug-likeness (QED) is 0.920. The summed E-state index contributed by atoms with van der Waals surface area (Å²) < 4.78 is 42.3. The molecule has 1 atom stereocenters. The van der Waals surface area contributed by atoms with Crippen molar-refractivity contribution in [1.29, 1.82) is 0 Å². The lowest BCUT2D eigenvalue weighted by Gasteiger charge is -2.27. The molecule has 1 aliphatic heterocycles. The third-order valence-corrected chi connectivity index (χ3v) is 4.19. The number of alkyl halides is 2. The first-order valence-electron chi connectivity index (χ1n) is 7.41. The summed E-state index contributed by atoms with van der Waals surface area (Å²) >= 11 is 0. The van der Waals surface area contributed by atoms with Crippen LogP contribution in [-0.4, -0.2) is 50.9 Å². The van der Waals surface area contributed by atoms with E-state index in [0.29, 0.717) is 5.56 Å². The summed E-state index contributed by atoms with van der Waals surface area (Å²) in [5.41, 5.74) is 5.48. The topological polar surface area (TPSA) is 77.0 Å². The van der Waals surface area contributed by atoms with Crippen LogP contribution in [0.25, 0.3) is 5.69 Å². The lowest BCUT2D eigenvalue weighted by Crippen LogP contribution is -2.47. The van der Waals surface area contributed by atoms with Crippen LogP contribution >= 0.6 is 0 Å². The number of carbonyl (C=O) groups excluding carboxylic acids is 1. The maximum atomic E-state index is 14.6. The number of aromatic nitrogens is 3. The number of hydrogen-bond acceptors (Lipinski definition) is 4. The highest BCUT2D eigenvalue weighted by molar-refractivity contribution is 5.98. The van der Waals surface area contributed by atoms with Crippen molar-refractivity contribution in [2.75, 3.05) is 13.1 Å². The Labute approximate surface area is 136 Å². The number of aryl methyl sites for hydroxylation is 1. The average Bonchev–Trinajstić information content (AvgIpc) is 3.16. The van der Waals surface area contributed by atoms with E-state index < -0.39 is 30.1 Å². The van der Waals surface area contributed by atoms with Crippen molar-refractivity contribution in [2.45, 2.75) is 25.3 Å². The molecule has 1 amide bonds. The van der Waals surface area contributed by atoms with Crippen LogP contribution in [0.4, 0.5) is 13.2 Å². The molecule has 2 aromatic rings. The molecule has 1 fully saturated rings. The van der Waals surface area contributed by atoms with Crippen LogP contribution < -0.4 is 5.73 Å². The molecule has 1 aromatic heterocycles. The van der Waals surface area contributed by atoms with E-state index in [2.05, 4.69) is 10.2 Å². The Morgan fingerprint density at radius 2 is 2.04 bits per heavy atom. The maximum absolute atomic E-state index is 14.6. The Morgan fingerprint density at radius 3 is 2.67 bits per heavy atom. The summed E-state index contributed by atoms with van der Waals surface area (Å²) in [6, 6.07) is 1.40. The van der Waals surface area contributed by atoms with E-state index in [-0.39, 0.29) is 24.3 Å². The Hall–Kier alpha value is -2.42. The molecule has 2 heterocycles. The molecule has 9 heteroatoms. The first-order chi connectivity index (χ1) is 11.4. The molecule has 3 rings (SSSR count). The van der Waals surface area contributed by atoms with Crippen molar-refractivity contribution in [3.05, 3.63) is 41.5 Å². The van der Waals surface area contributed by atoms with Crippen LogP contribution in [0.15, 0.2) is 24.5 Å². The van der Waals surface area contributed by atoms with Crippen molar-refractivity contribution >= 4 is 5.91 Å². The first-order valence-corrected chi connectivity index (χ1v) is 7.41. The Balaban J connectivity index is 2.07. The van der Waals surface area contributed by atoms with E-state index >= 15 is 0 Å². The van der Waals surface area contributed by atoms with Gasteiger partial charge in [0.1, 0.15) is 11.7 Å². The maximum Gasteiger partial charge on any atom is 0.271 e. The minimum absolute atomic E-state index is 0.0783. The van der Waals surface area contributed by atoms with Crippen molar-refractivity contribution in [1.82, 2.24) is 19.9 Å². The highest BCUT2D eigenvalue weighted by Gasteiger charge is 2.50. The fourth-order valence-corrected chi connectivity index (χ4v) is 2.88. The minimum Gasteiger partial charge on any atom is -0.328 e. The van der Waals surface area contributed by atoms with E-state index in [0.717, 1.165) is 9.70 Å². The monoisotopic (exact) mass is 339 g/mol. The van der Waals surface area contributed by atoms with E-state index in [9.17, 15) is 18.0 Å². The highest BCUT2D eigenvalue weighted by Crippen LogP contribution is 2.35. The van der Waals surface area contributed by atoms with Gasteiger partial charge in [0.25, 0.3) is 11.8 Å². The normalized spacial score (nSPS) is 19.7. The van der Waals surface area contributed by atoms with Gasteiger partial charge in [0.15, 0.2) is 5.82 Å². The molecule has 6 nitrogen and oxygen atoms in total. The number of benzene rings is 1. The van der Waals surface area contributed by atoms with Gasteiger partial charge < -0.3 is 10.6 Å². The molecule has 0 spiro atoms. The number of amides is 1. The van der Waals surface area contributed by atoms with Gasteiger partial charge in [-0.1, -0.05) is 6.07 Å². The first kappa shape index (κ1) is 16.4. The van der Waals surface area contributed by atoms with Crippen LogP contribution in [0.2, 0.25) is 0 Å². The van der Waals surface area contributed by atoms with E-state index in [1.807, 2.05) is 0 Å². The van der Waals surface area contributed by atoms with Crippen molar-refractivity contribution in [2.24, 2.45) is 5.73 Å². The van der Waals surface area contributed by atoms with Gasteiger partial charge in [-0.2, -0.15) is 10.2 Å². The van der Waals surface area contributed by atoms with Gasteiger partial charge in [-0.25, -0.2) is 13.2 Å². The van der Waals surface area contributed by atoms with E-state index in [1.165, 1.54) is 31.5 Å². The Morgan fingerprint density at radius 1 is 1.38 bits per heavy atom. The third kappa shape index (κ3) is 2.54. The zero-order valence-electron chi connectivity index (χ0n) is 12.9. The SMILES string of the molecule is Cc1ccc(C(=O)N2CCC(F)(F)C2CN)c(-n2nccn2)c1F. The minimum atomic E-state index is -3.06. The van der Waals surface area contributed by atoms with Crippen LogP contribution in [0.3, 0.4) is 0 Å². The molecule has 1 aromatic carbocycles. The summed E-state index contributed by atoms with van der Waals surface area (Å²) in [7, 11) is 0. The molecule has 0 bridgehead atoms. The molecule has 0 saturated carbocycles. The van der Waals surface area contributed by atoms with Gasteiger partial charge in [0.2, 0.25) is 0 Å². The molecule has 1 aliphatic rings. The number of rotatable bonds is 3. The molecule has 0 radical (unpaired) electrons. The molecular weight excluding hydrogens is 323 g/mol. The number of likely N-dealkylation sites (tertiary alicyclic amines) is 1. The highest BCUT2D eigenvalue weighted by atomic mass is 19.3. The molecule has 24 heavy (non-hydrogen) atoms. The molecule has 1 unspecified atom stereocenters. The number of nitrogens with two attached hydrogens (primary N) is 1. The van der Waals surface area contributed by atoms with Gasteiger partial charge in [-0.15, -0.1) is 4.80 Å². The summed E-state index contributed by atoms with van der Waals surface area (Å²) in [6.07, 6.45) is 2.20. The van der Waals surface area contributed by atoms with E-state index in [1.54, 1.807) is 0 Å². The second kappa shape index (κ2) is 5.90. The van der Waals surface area contributed by atoms with Crippen LogP contribution in [-0.2, 0) is 0 Å². The molecule has 0 aliphatic carbocycles. The zero-order chi connectivity index (χ0) is 17.5. The number of halogens is 3. The van der Waals surface area contributed by atoms with Gasteiger partial charge in [0, 0.05) is 19.5 Å². The molecule has 2 N–H and O–H groups in total. The van der Waals surface area contributed by atoms with Gasteiger partial charge in [0.05, 0.1) is 18.0 Å². The number of hydrogen-bond donors (Lipinski definition) is 1. The lowest BCUT2D eigenvalue weighted by molar-refractivity contribution is -0.0261. The number of carbonyl (C=O) groups is 1. The standard InChI is InChI=1S/C15H16F3N5O/c1-9-2-3-10(13(12(9)16)23-20-5-6-21-23)14(24)22-7-4-15(17,18)11(22)8-19/h2-3,5-6,11H,4,7-8,19H2,1H3. The van der Waals surface area contributed by atoms with Crippen LogP contribution in [0, 0.1) is 12.7 Å². The summed E-state index contributed by atoms with van der Waals surface area (Å²) in [5.74, 6) is -4.45. The predicted molar refractivity (Wildman–Crippen MR) is 79.5 cm³/mol. The van der Waals surface area contributed by atoms with Crippen molar-refractivity contribution in [3.8, 4) is 5.69 Å². The second-order valence-corrected chi connectivity index (χ2v) is 5.67. The number of nitrogens with zero attached hydrogens (tertiary/aromatic N) is 4. The average molecular weight is 339 g/mol. The molecule has 1 saturated heterocycles. The summed E-state index contributed by atoms with van der Waals surface area (Å²) in [4.78, 5) is 14.8. The fourth-order valence-electron chi connectivity index (χ4n) is 2.88. The third-order valence-electron chi connectivity index (χ3n) is 4.19. The zero-order valence-corrected chi connectivity index (χ0v) is 12.9. The van der Waals surface area contributed by atoms with Gasteiger partial charge >= 0.3 is 0 Å². The van der Waals surface area contributed by atoms with Gasteiger partial charge in [-0.05, 0) is 18.6 Å². The smallest absolute Gasteiger partial charge is 0.271 e. The van der Waals surface area contributed by atoms with Crippen molar-refractivity contribution < 1.29 is 18.0 Å². The van der Waals surface area contributed by atoms with Crippen LogP contribution in [0.1, 0.15) is 22.3 Å². The summed E-state index contributed by atoms with van der Waals surface area (Å²) in [6.45, 7) is 1.01. The second-order valence-electron chi connectivity index (χ2n) is 5.67. The van der Waals surface area contributed by atoms with Gasteiger partial charge in [-0.3, -0.25) is 4.79 Å². The van der Waals surface area contributed by atoms with Crippen LogP contribution in [0.5, 0.6) is 0 Å². The van der Waals surface area contributed by atoms with E-state index in [4.69, 9.17) is 5.73 Å². The summed E-state index contributed by atoms with van der Waals surface area (Å²) in [5, 5.41) is 7.70. The lowest BCUT2D eigenvalue weighted by atomic mass is 10.1. The van der Waals surface area contributed by atoms with Crippen molar-refractivity contribution in [3.63, 3.8) is 0 Å². The molecule has 128 valence electrons. The largest absolute Gasteiger partial charge is 0.328 e. The predicted octanol–water partition coefficient (Wildman–Crippen LogP) is 1.52. The Kier molecular flexibility index (Phi) is 4.04. The molecular formula is C15H16F3N5O. The Bertz CT molecular complexity index is 763.